The summed E-state index contributed by atoms with van der Waals surface area (Å²) >= 11 is 0. The Bertz CT molecular complexity index is 463. The summed E-state index contributed by atoms with van der Waals surface area (Å²) in [6.45, 7) is 5.56. The van der Waals surface area contributed by atoms with Gasteiger partial charge in [0.25, 0.3) is 0 Å². The number of pyridine rings is 1. The highest BCUT2D eigenvalue weighted by Gasteiger charge is 2.26. The quantitative estimate of drug-likeness (QED) is 0.846. The first-order valence-electron chi connectivity index (χ1n) is 8.03. The van der Waals surface area contributed by atoms with E-state index in [0.29, 0.717) is 18.4 Å². The Kier molecular flexibility index (Phi) is 5.76. The second-order valence-electron chi connectivity index (χ2n) is 5.68. The molecule has 0 aromatic carbocycles. The highest BCUT2D eigenvalue weighted by molar-refractivity contribution is 5.50. The van der Waals surface area contributed by atoms with Crippen molar-refractivity contribution in [2.75, 3.05) is 23.3 Å². The normalized spacial score (nSPS) is 18.9. The van der Waals surface area contributed by atoms with Crippen LogP contribution < -0.4 is 10.2 Å². The minimum absolute atomic E-state index is 0.161. The van der Waals surface area contributed by atoms with Crippen molar-refractivity contribution >= 4 is 11.6 Å². The molecule has 1 atom stereocenters. The predicted octanol–water partition coefficient (Wildman–Crippen LogP) is 4.34. The Morgan fingerprint density at radius 2 is 2.05 bits per heavy atom. The van der Waals surface area contributed by atoms with E-state index in [1.807, 2.05) is 11.8 Å². The number of rotatable bonds is 6. The first kappa shape index (κ1) is 16.0. The van der Waals surface area contributed by atoms with E-state index in [-0.39, 0.29) is 5.82 Å². The Labute approximate surface area is 125 Å². The predicted molar refractivity (Wildman–Crippen MR) is 82.8 cm³/mol. The summed E-state index contributed by atoms with van der Waals surface area (Å²) in [5.74, 6) is -0.714. The molecule has 0 saturated carbocycles. The van der Waals surface area contributed by atoms with Crippen LogP contribution in [0, 0.1) is 11.6 Å². The maximum absolute atomic E-state index is 14.2. The van der Waals surface area contributed by atoms with E-state index in [0.717, 1.165) is 44.7 Å². The summed E-state index contributed by atoms with van der Waals surface area (Å²) in [6.07, 6.45) is 6.22. The maximum Gasteiger partial charge on any atom is 0.168 e. The molecule has 1 unspecified atom stereocenters. The fourth-order valence-corrected chi connectivity index (χ4v) is 2.94. The van der Waals surface area contributed by atoms with Gasteiger partial charge in [0.2, 0.25) is 0 Å². The zero-order valence-corrected chi connectivity index (χ0v) is 13.0. The first-order valence-corrected chi connectivity index (χ1v) is 8.03. The van der Waals surface area contributed by atoms with Crippen LogP contribution in [0.2, 0.25) is 0 Å². The van der Waals surface area contributed by atoms with Gasteiger partial charge in [0.15, 0.2) is 23.3 Å². The molecule has 1 aromatic rings. The van der Waals surface area contributed by atoms with Crippen LogP contribution in [0.3, 0.4) is 0 Å². The van der Waals surface area contributed by atoms with Crippen molar-refractivity contribution in [2.45, 2.75) is 58.4 Å². The van der Waals surface area contributed by atoms with Gasteiger partial charge in [-0.15, -0.1) is 0 Å². The Morgan fingerprint density at radius 1 is 1.24 bits per heavy atom. The number of anilines is 2. The SMILES string of the molecule is CCCNc1nc(N2CCCCC2CCC)c(F)cc1F. The van der Waals surface area contributed by atoms with Crippen molar-refractivity contribution in [2.24, 2.45) is 0 Å². The largest absolute Gasteiger partial charge is 0.368 e. The van der Waals surface area contributed by atoms with Crippen molar-refractivity contribution in [1.29, 1.82) is 0 Å². The molecule has 1 fully saturated rings. The van der Waals surface area contributed by atoms with Crippen LogP contribution in [0.25, 0.3) is 0 Å². The highest BCUT2D eigenvalue weighted by atomic mass is 19.1. The third-order valence-electron chi connectivity index (χ3n) is 3.97. The lowest BCUT2D eigenvalue weighted by Crippen LogP contribution is -2.40. The van der Waals surface area contributed by atoms with E-state index in [9.17, 15) is 8.78 Å². The molecule has 1 saturated heterocycles. The van der Waals surface area contributed by atoms with Crippen LogP contribution in [0.1, 0.15) is 52.4 Å². The molecule has 21 heavy (non-hydrogen) atoms. The Morgan fingerprint density at radius 3 is 2.76 bits per heavy atom. The molecule has 0 spiro atoms. The summed E-state index contributed by atoms with van der Waals surface area (Å²) in [6, 6.07) is 1.27. The average Bonchev–Trinajstić information content (AvgIpc) is 2.48. The number of nitrogens with one attached hydrogen (secondary N) is 1. The van der Waals surface area contributed by atoms with Crippen LogP contribution in [-0.2, 0) is 0 Å². The number of hydrogen-bond donors (Lipinski definition) is 1. The molecule has 1 aromatic heterocycles. The Balaban J connectivity index is 2.27. The Hall–Kier alpha value is -1.39. The van der Waals surface area contributed by atoms with Gasteiger partial charge in [-0.05, 0) is 32.1 Å². The van der Waals surface area contributed by atoms with Gasteiger partial charge in [0.05, 0.1) is 0 Å². The molecule has 1 aliphatic rings. The summed E-state index contributed by atoms with van der Waals surface area (Å²) in [5, 5.41) is 2.94. The molecule has 2 heterocycles. The maximum atomic E-state index is 14.2. The summed E-state index contributed by atoms with van der Waals surface area (Å²) in [7, 11) is 0. The van der Waals surface area contributed by atoms with E-state index in [2.05, 4.69) is 17.2 Å². The topological polar surface area (TPSA) is 28.2 Å². The second kappa shape index (κ2) is 7.57. The van der Waals surface area contributed by atoms with Crippen molar-refractivity contribution in [3.63, 3.8) is 0 Å². The number of hydrogen-bond acceptors (Lipinski definition) is 3. The highest BCUT2D eigenvalue weighted by Crippen LogP contribution is 2.30. The van der Waals surface area contributed by atoms with E-state index in [4.69, 9.17) is 0 Å². The lowest BCUT2D eigenvalue weighted by Gasteiger charge is -2.37. The van der Waals surface area contributed by atoms with Crippen LogP contribution in [-0.4, -0.2) is 24.1 Å². The van der Waals surface area contributed by atoms with Gasteiger partial charge < -0.3 is 10.2 Å². The number of piperidine rings is 1. The molecule has 5 heteroatoms. The van der Waals surface area contributed by atoms with Crippen molar-refractivity contribution in [3.05, 3.63) is 17.7 Å². The van der Waals surface area contributed by atoms with Gasteiger partial charge in [-0.1, -0.05) is 20.3 Å². The van der Waals surface area contributed by atoms with Crippen LogP contribution in [0.4, 0.5) is 20.4 Å². The monoisotopic (exact) mass is 297 g/mol. The molecule has 0 radical (unpaired) electrons. The van der Waals surface area contributed by atoms with Gasteiger partial charge in [-0.3, -0.25) is 0 Å². The van der Waals surface area contributed by atoms with Gasteiger partial charge in [-0.2, -0.15) is 0 Å². The van der Waals surface area contributed by atoms with Crippen LogP contribution in [0.15, 0.2) is 6.07 Å². The molecule has 1 N–H and O–H groups in total. The van der Waals surface area contributed by atoms with Crippen molar-refractivity contribution < 1.29 is 8.78 Å². The average molecular weight is 297 g/mol. The van der Waals surface area contributed by atoms with Crippen molar-refractivity contribution in [1.82, 2.24) is 4.98 Å². The lowest BCUT2D eigenvalue weighted by atomic mass is 9.98. The van der Waals surface area contributed by atoms with Crippen molar-refractivity contribution in [3.8, 4) is 0 Å². The number of halogens is 2. The lowest BCUT2D eigenvalue weighted by molar-refractivity contribution is 0.424. The molecule has 2 rings (SSSR count). The molecule has 0 amide bonds. The molecule has 1 aliphatic heterocycles. The van der Waals surface area contributed by atoms with Crippen LogP contribution >= 0.6 is 0 Å². The molecule has 0 bridgehead atoms. The summed E-state index contributed by atoms with van der Waals surface area (Å²) in [4.78, 5) is 6.26. The fourth-order valence-electron chi connectivity index (χ4n) is 2.94. The van der Waals surface area contributed by atoms with E-state index in [1.54, 1.807) is 0 Å². The molecule has 118 valence electrons. The minimum atomic E-state index is -0.617. The van der Waals surface area contributed by atoms with E-state index < -0.39 is 11.6 Å². The van der Waals surface area contributed by atoms with Gasteiger partial charge in [0, 0.05) is 25.2 Å². The molecule has 3 nitrogen and oxygen atoms in total. The van der Waals surface area contributed by atoms with E-state index in [1.165, 1.54) is 6.42 Å². The van der Waals surface area contributed by atoms with Gasteiger partial charge in [-0.25, -0.2) is 13.8 Å². The zero-order chi connectivity index (χ0) is 15.2. The number of aromatic nitrogens is 1. The van der Waals surface area contributed by atoms with E-state index >= 15 is 0 Å². The number of nitrogens with zero attached hydrogens (tertiary/aromatic N) is 2. The zero-order valence-electron chi connectivity index (χ0n) is 13.0. The van der Waals surface area contributed by atoms with Crippen LogP contribution in [0.5, 0.6) is 0 Å². The molecular weight excluding hydrogens is 272 g/mol. The second-order valence-corrected chi connectivity index (χ2v) is 5.68. The fraction of sp³-hybridized carbons (Fsp3) is 0.688. The molecular formula is C16H25F2N3. The standard InChI is InChI=1S/C16H25F2N3/c1-3-7-12-8-5-6-10-21(12)16-14(18)11-13(17)15(20-16)19-9-4-2/h11-12H,3-10H2,1-2H3,(H,19,20). The smallest absolute Gasteiger partial charge is 0.168 e. The van der Waals surface area contributed by atoms with Gasteiger partial charge in [0.1, 0.15) is 0 Å². The molecule has 0 aliphatic carbocycles. The first-order chi connectivity index (χ1) is 10.2. The third-order valence-corrected chi connectivity index (χ3v) is 3.97. The third kappa shape index (κ3) is 3.83. The summed E-state index contributed by atoms with van der Waals surface area (Å²) in [5.41, 5.74) is 0. The van der Waals surface area contributed by atoms with Gasteiger partial charge >= 0.3 is 0 Å². The minimum Gasteiger partial charge on any atom is -0.368 e. The summed E-state index contributed by atoms with van der Waals surface area (Å²) < 4.78 is 28.0.